The third-order valence-electron chi connectivity index (χ3n) is 2.23. The Kier molecular flexibility index (Phi) is 3.32. The summed E-state index contributed by atoms with van der Waals surface area (Å²) in [7, 11) is 0. The minimum Gasteiger partial charge on any atom is -0.197 e. The molecular weight excluding hydrogens is 170 g/mol. The molecule has 0 heterocycles. The van der Waals surface area contributed by atoms with Gasteiger partial charge in [-0.25, -0.2) is 0 Å². The second-order valence-electron chi connectivity index (χ2n) is 3.55. The molecule has 0 fully saturated rings. The lowest BCUT2D eigenvalue weighted by Crippen LogP contribution is -1.93. The fourth-order valence-electron chi connectivity index (χ4n) is 1.28. The lowest BCUT2D eigenvalue weighted by molar-refractivity contribution is 0.865. The molecule has 0 spiro atoms. The molecule has 0 aromatic heterocycles. The Labute approximate surface area is 85.4 Å². The quantitative estimate of drug-likeness (QED) is 0.646. The first-order valence-corrected chi connectivity index (χ1v) is 4.64. The molecule has 0 aliphatic rings. The average Bonchev–Trinajstić information content (AvgIpc) is 2.20. The predicted molar refractivity (Wildman–Crippen MR) is 57.7 cm³/mol. The minimum atomic E-state index is -0.420. The van der Waals surface area contributed by atoms with Crippen molar-refractivity contribution >= 4 is 0 Å². The van der Waals surface area contributed by atoms with E-state index in [1.807, 2.05) is 24.3 Å². The van der Waals surface area contributed by atoms with Crippen LogP contribution in [-0.4, -0.2) is 0 Å². The zero-order valence-corrected chi connectivity index (χ0v) is 8.49. The van der Waals surface area contributed by atoms with E-state index >= 15 is 0 Å². The molecule has 1 aromatic rings. The number of hydrogen-bond acceptors (Lipinski definition) is 1. The van der Waals surface area contributed by atoms with Crippen molar-refractivity contribution in [3.63, 3.8) is 0 Å². The van der Waals surface area contributed by atoms with Crippen LogP contribution in [0.3, 0.4) is 0 Å². The summed E-state index contributed by atoms with van der Waals surface area (Å²) >= 11 is 0. The molecule has 1 nitrogen and oxygen atoms in total. The highest BCUT2D eigenvalue weighted by Crippen LogP contribution is 2.19. The Morgan fingerprint density at radius 2 is 1.64 bits per heavy atom. The molecular formula is C13H13N. The van der Waals surface area contributed by atoms with Gasteiger partial charge in [-0.1, -0.05) is 44.0 Å². The topological polar surface area (TPSA) is 23.8 Å². The summed E-state index contributed by atoms with van der Waals surface area (Å²) in [5.41, 5.74) is 2.17. The second-order valence-corrected chi connectivity index (χ2v) is 3.55. The second kappa shape index (κ2) is 4.49. The van der Waals surface area contributed by atoms with Gasteiger partial charge in [0.1, 0.15) is 5.92 Å². The van der Waals surface area contributed by atoms with Crippen molar-refractivity contribution in [3.05, 3.63) is 35.4 Å². The van der Waals surface area contributed by atoms with Crippen LogP contribution in [0.25, 0.3) is 0 Å². The number of nitrogens with zero attached hydrogens (tertiary/aromatic N) is 1. The van der Waals surface area contributed by atoms with Gasteiger partial charge in [0.25, 0.3) is 0 Å². The van der Waals surface area contributed by atoms with E-state index in [4.69, 9.17) is 11.7 Å². The molecule has 0 saturated carbocycles. The van der Waals surface area contributed by atoms with Gasteiger partial charge >= 0.3 is 0 Å². The molecule has 0 bridgehead atoms. The molecule has 1 atom stereocenters. The van der Waals surface area contributed by atoms with Crippen LogP contribution in [-0.2, 0) is 0 Å². The summed E-state index contributed by atoms with van der Waals surface area (Å²) in [5.74, 6) is 2.55. The van der Waals surface area contributed by atoms with Crippen LogP contribution in [0.5, 0.6) is 0 Å². The number of terminal acetylenes is 1. The van der Waals surface area contributed by atoms with Gasteiger partial charge in [-0.15, -0.1) is 6.42 Å². The van der Waals surface area contributed by atoms with E-state index in [2.05, 4.69) is 25.8 Å². The monoisotopic (exact) mass is 183 g/mol. The molecule has 0 aliphatic heterocycles. The number of rotatable bonds is 2. The first-order chi connectivity index (χ1) is 6.69. The van der Waals surface area contributed by atoms with Gasteiger partial charge in [0.2, 0.25) is 0 Å². The average molecular weight is 183 g/mol. The van der Waals surface area contributed by atoms with Gasteiger partial charge in [0, 0.05) is 0 Å². The fraction of sp³-hybridized carbons (Fsp3) is 0.308. The van der Waals surface area contributed by atoms with Crippen molar-refractivity contribution in [2.45, 2.75) is 25.7 Å². The summed E-state index contributed by atoms with van der Waals surface area (Å²) in [6.07, 6.45) is 5.24. The largest absolute Gasteiger partial charge is 0.197 e. The maximum atomic E-state index is 8.77. The smallest absolute Gasteiger partial charge is 0.132 e. The summed E-state index contributed by atoms with van der Waals surface area (Å²) in [5, 5.41) is 8.77. The Morgan fingerprint density at radius 1 is 1.14 bits per heavy atom. The molecule has 1 unspecified atom stereocenters. The molecule has 14 heavy (non-hydrogen) atoms. The Hall–Kier alpha value is -1.73. The minimum absolute atomic E-state index is 0.420. The van der Waals surface area contributed by atoms with Crippen molar-refractivity contribution in [2.24, 2.45) is 0 Å². The van der Waals surface area contributed by atoms with Gasteiger partial charge < -0.3 is 0 Å². The van der Waals surface area contributed by atoms with Crippen molar-refractivity contribution in [1.29, 1.82) is 5.26 Å². The lowest BCUT2D eigenvalue weighted by atomic mass is 9.96. The van der Waals surface area contributed by atoms with Crippen molar-refractivity contribution in [2.75, 3.05) is 0 Å². The first kappa shape index (κ1) is 10.4. The maximum Gasteiger partial charge on any atom is 0.132 e. The molecule has 0 N–H and O–H groups in total. The van der Waals surface area contributed by atoms with Crippen LogP contribution in [0.4, 0.5) is 0 Å². The highest BCUT2D eigenvalue weighted by atomic mass is 14.3. The van der Waals surface area contributed by atoms with Gasteiger partial charge in [-0.3, -0.25) is 0 Å². The van der Waals surface area contributed by atoms with Crippen LogP contribution in [0.1, 0.15) is 36.8 Å². The van der Waals surface area contributed by atoms with Crippen LogP contribution < -0.4 is 0 Å². The molecule has 0 aliphatic carbocycles. The highest BCUT2D eigenvalue weighted by molar-refractivity contribution is 5.35. The molecule has 0 saturated heterocycles. The summed E-state index contributed by atoms with van der Waals surface area (Å²) in [4.78, 5) is 0. The lowest BCUT2D eigenvalue weighted by Gasteiger charge is -2.07. The van der Waals surface area contributed by atoms with Gasteiger partial charge in [-0.05, 0) is 17.0 Å². The van der Waals surface area contributed by atoms with E-state index in [0.717, 1.165) is 5.56 Å². The van der Waals surface area contributed by atoms with Crippen LogP contribution in [0.15, 0.2) is 24.3 Å². The molecule has 70 valence electrons. The van der Waals surface area contributed by atoms with Crippen molar-refractivity contribution in [1.82, 2.24) is 0 Å². The Balaban J connectivity index is 2.96. The number of hydrogen-bond donors (Lipinski definition) is 0. The van der Waals surface area contributed by atoms with Gasteiger partial charge in [0.15, 0.2) is 0 Å². The zero-order chi connectivity index (χ0) is 10.6. The fourth-order valence-corrected chi connectivity index (χ4v) is 1.28. The standard InChI is InChI=1S/C13H13N/c1-4-11(9-14)13-7-5-12(6-8-13)10(2)3/h1,5-8,10-11H,2-3H3. The molecule has 0 amide bonds. The molecule has 1 rings (SSSR count). The first-order valence-electron chi connectivity index (χ1n) is 4.64. The van der Waals surface area contributed by atoms with E-state index < -0.39 is 5.92 Å². The number of nitriles is 1. The van der Waals surface area contributed by atoms with E-state index in [9.17, 15) is 0 Å². The SMILES string of the molecule is C#CC(C#N)c1ccc(C(C)C)cc1. The Morgan fingerprint density at radius 3 is 2.00 bits per heavy atom. The third kappa shape index (κ3) is 2.15. The van der Waals surface area contributed by atoms with Gasteiger partial charge in [-0.2, -0.15) is 5.26 Å². The normalized spacial score (nSPS) is 11.8. The van der Waals surface area contributed by atoms with E-state index in [0.29, 0.717) is 5.92 Å². The predicted octanol–water partition coefficient (Wildman–Crippen LogP) is 3.05. The van der Waals surface area contributed by atoms with Gasteiger partial charge in [0.05, 0.1) is 6.07 Å². The third-order valence-corrected chi connectivity index (χ3v) is 2.23. The van der Waals surface area contributed by atoms with Crippen molar-refractivity contribution in [3.8, 4) is 18.4 Å². The summed E-state index contributed by atoms with van der Waals surface area (Å²) in [6, 6.07) is 10.0. The Bertz CT molecular complexity index is 359. The number of benzene rings is 1. The molecule has 1 aromatic carbocycles. The van der Waals surface area contributed by atoms with E-state index in [1.165, 1.54) is 5.56 Å². The summed E-state index contributed by atoms with van der Waals surface area (Å²) < 4.78 is 0. The summed E-state index contributed by atoms with van der Waals surface area (Å²) in [6.45, 7) is 4.27. The highest BCUT2D eigenvalue weighted by Gasteiger charge is 2.06. The van der Waals surface area contributed by atoms with Crippen LogP contribution >= 0.6 is 0 Å². The van der Waals surface area contributed by atoms with Crippen LogP contribution in [0, 0.1) is 23.7 Å². The van der Waals surface area contributed by atoms with E-state index in [-0.39, 0.29) is 0 Å². The molecule has 0 radical (unpaired) electrons. The van der Waals surface area contributed by atoms with E-state index in [1.54, 1.807) is 0 Å². The molecule has 1 heteroatoms. The van der Waals surface area contributed by atoms with Crippen molar-refractivity contribution < 1.29 is 0 Å². The van der Waals surface area contributed by atoms with Crippen LogP contribution in [0.2, 0.25) is 0 Å². The zero-order valence-electron chi connectivity index (χ0n) is 8.49. The maximum absolute atomic E-state index is 8.77.